The third-order valence-electron chi connectivity index (χ3n) is 1.53. The molecule has 10 heteroatoms. The molecule has 2 rings (SSSR count). The van der Waals surface area contributed by atoms with Crippen LogP contribution in [0.5, 0.6) is 0 Å². The summed E-state index contributed by atoms with van der Waals surface area (Å²) in [6.45, 7) is 1.74. The Kier molecular flexibility index (Phi) is 3.35. The molecule has 0 saturated carbocycles. The van der Waals surface area contributed by atoms with Crippen molar-refractivity contribution in [3.8, 4) is 0 Å². The monoisotopic (exact) mass is 270 g/mol. The van der Waals surface area contributed by atoms with E-state index in [2.05, 4.69) is 31.0 Å². The summed E-state index contributed by atoms with van der Waals surface area (Å²) >= 11 is 2.30. The molecule has 0 aliphatic rings. The van der Waals surface area contributed by atoms with Gasteiger partial charge in [-0.3, -0.25) is 20.2 Å². The number of hydrogen-bond acceptors (Lipinski definition) is 8. The van der Waals surface area contributed by atoms with E-state index in [1.54, 1.807) is 6.92 Å². The average Bonchev–Trinajstić information content (AvgIpc) is 2.90. The molecule has 0 radical (unpaired) electrons. The number of amides is 2. The Balaban J connectivity index is 1.94. The number of aryl methyl sites for hydroxylation is 1. The van der Waals surface area contributed by atoms with E-state index in [-0.39, 0.29) is 10.3 Å². The van der Waals surface area contributed by atoms with Crippen LogP contribution < -0.4 is 10.6 Å². The zero-order chi connectivity index (χ0) is 12.3. The molecule has 2 N–H and O–H groups in total. The number of rotatable bonds is 2. The lowest BCUT2D eigenvalue weighted by atomic mass is 10.5. The number of aromatic nitrogens is 4. The zero-order valence-electron chi connectivity index (χ0n) is 8.50. The first kappa shape index (κ1) is 11.5. The molecular formula is C7H6N6O2S2. The maximum absolute atomic E-state index is 11.4. The highest BCUT2D eigenvalue weighted by Crippen LogP contribution is 2.13. The maximum Gasteiger partial charge on any atom is 0.315 e. The van der Waals surface area contributed by atoms with Crippen LogP contribution >= 0.6 is 22.7 Å². The normalized spacial score (nSPS) is 9.94. The minimum atomic E-state index is -0.824. The number of carbonyl (C=O) groups is 2. The molecule has 2 amide bonds. The van der Waals surface area contributed by atoms with Crippen LogP contribution in [0.2, 0.25) is 0 Å². The van der Waals surface area contributed by atoms with Crippen molar-refractivity contribution < 1.29 is 9.59 Å². The topological polar surface area (TPSA) is 110 Å². The second-order valence-corrected chi connectivity index (χ2v) is 4.79. The Morgan fingerprint density at radius 2 is 1.82 bits per heavy atom. The first-order valence-electron chi connectivity index (χ1n) is 4.34. The van der Waals surface area contributed by atoms with Gasteiger partial charge in [0.05, 0.1) is 0 Å². The third kappa shape index (κ3) is 3.01. The molecule has 2 aromatic heterocycles. The van der Waals surface area contributed by atoms with Gasteiger partial charge in [0.1, 0.15) is 10.5 Å². The molecule has 0 unspecified atom stereocenters. The lowest BCUT2D eigenvalue weighted by Crippen LogP contribution is -2.29. The lowest BCUT2D eigenvalue weighted by Gasteiger charge is -1.99. The van der Waals surface area contributed by atoms with Crippen LogP contribution in [0.1, 0.15) is 5.01 Å². The molecule has 8 nitrogen and oxygen atoms in total. The van der Waals surface area contributed by atoms with Gasteiger partial charge in [-0.1, -0.05) is 22.7 Å². The fraction of sp³-hybridized carbons (Fsp3) is 0.143. The van der Waals surface area contributed by atoms with Crippen LogP contribution in [-0.2, 0) is 9.59 Å². The van der Waals surface area contributed by atoms with E-state index in [1.165, 1.54) is 16.8 Å². The van der Waals surface area contributed by atoms with Gasteiger partial charge in [-0.05, 0) is 6.92 Å². The lowest BCUT2D eigenvalue weighted by molar-refractivity contribution is -0.133. The first-order chi connectivity index (χ1) is 8.15. The quantitative estimate of drug-likeness (QED) is 0.758. The van der Waals surface area contributed by atoms with Crippen LogP contribution in [-0.4, -0.2) is 32.2 Å². The average molecular weight is 270 g/mol. The number of anilines is 2. The molecule has 0 spiro atoms. The van der Waals surface area contributed by atoms with Crippen molar-refractivity contribution >= 4 is 44.8 Å². The Hall–Kier alpha value is -1.94. The molecule has 88 valence electrons. The number of nitrogens with zero attached hydrogens (tertiary/aromatic N) is 4. The standard InChI is InChI=1S/C7H6N6O2S2/c1-3-11-13-7(17-3)10-5(15)4(14)9-6-12-8-2-16-6/h2H,1H3,(H,9,12,14)(H,10,13,15). The molecule has 17 heavy (non-hydrogen) atoms. The van der Waals surface area contributed by atoms with Crippen LogP contribution in [0.4, 0.5) is 10.3 Å². The van der Waals surface area contributed by atoms with Crippen molar-refractivity contribution in [1.82, 2.24) is 20.4 Å². The summed E-state index contributed by atoms with van der Waals surface area (Å²) in [6, 6.07) is 0. The van der Waals surface area contributed by atoms with Crippen LogP contribution in [0, 0.1) is 6.92 Å². The van der Waals surface area contributed by atoms with Gasteiger partial charge in [0.25, 0.3) is 0 Å². The highest BCUT2D eigenvalue weighted by molar-refractivity contribution is 7.15. The Morgan fingerprint density at radius 3 is 2.35 bits per heavy atom. The molecule has 2 heterocycles. The van der Waals surface area contributed by atoms with E-state index in [1.807, 2.05) is 0 Å². The highest BCUT2D eigenvalue weighted by atomic mass is 32.1. The van der Waals surface area contributed by atoms with Gasteiger partial charge in [0, 0.05) is 0 Å². The smallest absolute Gasteiger partial charge is 0.292 e. The number of nitrogens with one attached hydrogen (secondary N) is 2. The van der Waals surface area contributed by atoms with E-state index in [0.29, 0.717) is 5.01 Å². The number of hydrogen-bond donors (Lipinski definition) is 2. The fourth-order valence-electron chi connectivity index (χ4n) is 0.882. The summed E-state index contributed by atoms with van der Waals surface area (Å²) in [6.07, 6.45) is 0. The molecule has 0 fully saturated rings. The maximum atomic E-state index is 11.4. The fourth-order valence-corrected chi connectivity index (χ4v) is 1.91. The van der Waals surface area contributed by atoms with Crippen molar-refractivity contribution in [2.75, 3.05) is 10.6 Å². The van der Waals surface area contributed by atoms with E-state index < -0.39 is 11.8 Å². The van der Waals surface area contributed by atoms with Crippen LogP contribution in [0.3, 0.4) is 0 Å². The predicted octanol–water partition coefficient (Wildman–Crippen LogP) is 0.275. The molecular weight excluding hydrogens is 264 g/mol. The van der Waals surface area contributed by atoms with Crippen molar-refractivity contribution in [3.05, 3.63) is 10.5 Å². The first-order valence-corrected chi connectivity index (χ1v) is 6.03. The minimum Gasteiger partial charge on any atom is -0.292 e. The summed E-state index contributed by atoms with van der Waals surface area (Å²) in [5.74, 6) is -1.65. The predicted molar refractivity (Wildman–Crippen MR) is 61.8 cm³/mol. The van der Waals surface area contributed by atoms with Gasteiger partial charge >= 0.3 is 11.8 Å². The van der Waals surface area contributed by atoms with Gasteiger partial charge in [-0.15, -0.1) is 20.4 Å². The molecule has 0 atom stereocenters. The van der Waals surface area contributed by atoms with Crippen molar-refractivity contribution in [1.29, 1.82) is 0 Å². The second kappa shape index (κ2) is 4.93. The molecule has 0 bridgehead atoms. The highest BCUT2D eigenvalue weighted by Gasteiger charge is 2.16. The van der Waals surface area contributed by atoms with E-state index in [4.69, 9.17) is 0 Å². The summed E-state index contributed by atoms with van der Waals surface area (Å²) < 4.78 is 0. The third-order valence-corrected chi connectivity index (χ3v) is 2.89. The molecule has 0 saturated heterocycles. The van der Waals surface area contributed by atoms with Gasteiger partial charge < -0.3 is 0 Å². The summed E-state index contributed by atoms with van der Waals surface area (Å²) in [7, 11) is 0. The van der Waals surface area contributed by atoms with Crippen LogP contribution in [0.15, 0.2) is 5.51 Å². The van der Waals surface area contributed by atoms with Gasteiger partial charge in [0.2, 0.25) is 10.3 Å². The van der Waals surface area contributed by atoms with Gasteiger partial charge in [-0.25, -0.2) is 0 Å². The van der Waals surface area contributed by atoms with E-state index >= 15 is 0 Å². The second-order valence-electron chi connectivity index (χ2n) is 2.78. The van der Waals surface area contributed by atoms with Crippen molar-refractivity contribution in [3.63, 3.8) is 0 Å². The molecule has 0 aromatic carbocycles. The Labute approximate surface area is 103 Å². The Bertz CT molecular complexity index is 536. The summed E-state index contributed by atoms with van der Waals surface area (Å²) in [5, 5.41) is 20.3. The van der Waals surface area contributed by atoms with Crippen molar-refractivity contribution in [2.45, 2.75) is 6.92 Å². The van der Waals surface area contributed by atoms with Gasteiger partial charge in [-0.2, -0.15) is 0 Å². The minimum absolute atomic E-state index is 0.263. The van der Waals surface area contributed by atoms with E-state index in [9.17, 15) is 9.59 Å². The molecule has 0 aliphatic carbocycles. The summed E-state index contributed by atoms with van der Waals surface area (Å²) in [4.78, 5) is 22.8. The number of carbonyl (C=O) groups excluding carboxylic acids is 2. The molecule has 2 aromatic rings. The summed E-state index contributed by atoms with van der Waals surface area (Å²) in [5.41, 5.74) is 1.45. The van der Waals surface area contributed by atoms with Crippen LogP contribution in [0.25, 0.3) is 0 Å². The van der Waals surface area contributed by atoms with Crippen molar-refractivity contribution in [2.24, 2.45) is 0 Å². The SMILES string of the molecule is Cc1nnc(NC(=O)C(=O)Nc2nncs2)s1. The van der Waals surface area contributed by atoms with E-state index in [0.717, 1.165) is 11.3 Å². The zero-order valence-corrected chi connectivity index (χ0v) is 10.1. The van der Waals surface area contributed by atoms with Gasteiger partial charge in [0.15, 0.2) is 0 Å². The Morgan fingerprint density at radius 1 is 1.12 bits per heavy atom. The largest absolute Gasteiger partial charge is 0.315 e. The molecule has 0 aliphatic heterocycles.